The number of hydrogen-bond donors (Lipinski definition) is 0. The van der Waals surface area contributed by atoms with Crippen LogP contribution < -0.4 is 4.90 Å². The van der Waals surface area contributed by atoms with Gasteiger partial charge in [0.1, 0.15) is 5.82 Å². The van der Waals surface area contributed by atoms with Crippen molar-refractivity contribution < 1.29 is 4.79 Å². The minimum Gasteiger partial charge on any atom is -0.353 e. The molecule has 1 fully saturated rings. The number of aromatic nitrogens is 1. The minimum atomic E-state index is 0.194. The van der Waals surface area contributed by atoms with Crippen LogP contribution >= 0.6 is 15.9 Å². The molecular weight excluding hydrogens is 402 g/mol. The molecule has 1 amide bonds. The predicted octanol–water partition coefficient (Wildman–Crippen LogP) is 4.20. The first-order valence-corrected chi connectivity index (χ1v) is 10.0. The highest BCUT2D eigenvalue weighted by atomic mass is 79.9. The fourth-order valence-electron chi connectivity index (χ4n) is 3.57. The number of halogens is 1. The molecular formula is C22H22BrN3O. The highest BCUT2D eigenvalue weighted by Crippen LogP contribution is 2.23. The van der Waals surface area contributed by atoms with Crippen molar-refractivity contribution in [2.75, 3.05) is 31.1 Å². The average Bonchev–Trinajstić information content (AvgIpc) is 2.70. The molecule has 1 saturated heterocycles. The van der Waals surface area contributed by atoms with E-state index < -0.39 is 0 Å². The SMILES string of the molecule is Cc1cc(N2CCN(C(=O)Cc3ccc(Br)cc3)CC2)nc2ccccc12. The van der Waals surface area contributed by atoms with Gasteiger partial charge in [-0.25, -0.2) is 4.98 Å². The molecule has 0 aliphatic carbocycles. The Morgan fingerprint density at radius 2 is 1.74 bits per heavy atom. The minimum absolute atomic E-state index is 0.194. The molecule has 2 aromatic carbocycles. The number of amides is 1. The third-order valence-corrected chi connectivity index (χ3v) is 5.66. The van der Waals surface area contributed by atoms with E-state index >= 15 is 0 Å². The third kappa shape index (κ3) is 3.98. The molecule has 5 heteroatoms. The number of benzene rings is 2. The monoisotopic (exact) mass is 423 g/mol. The number of hydrogen-bond acceptors (Lipinski definition) is 3. The first-order chi connectivity index (χ1) is 13.1. The lowest BCUT2D eigenvalue weighted by Crippen LogP contribution is -2.49. The first kappa shape index (κ1) is 18.0. The number of para-hydroxylation sites is 1. The van der Waals surface area contributed by atoms with Gasteiger partial charge in [0.05, 0.1) is 11.9 Å². The summed E-state index contributed by atoms with van der Waals surface area (Å²) >= 11 is 3.43. The van der Waals surface area contributed by atoms with Gasteiger partial charge < -0.3 is 9.80 Å². The van der Waals surface area contributed by atoms with Crippen LogP contribution in [0.25, 0.3) is 10.9 Å². The molecule has 0 atom stereocenters. The maximum absolute atomic E-state index is 12.6. The Labute approximate surface area is 167 Å². The van der Waals surface area contributed by atoms with Crippen molar-refractivity contribution in [1.82, 2.24) is 9.88 Å². The molecule has 2 heterocycles. The Kier molecular flexibility index (Phi) is 5.12. The summed E-state index contributed by atoms with van der Waals surface area (Å²) in [6.07, 6.45) is 0.459. The number of piperazine rings is 1. The van der Waals surface area contributed by atoms with Crippen LogP contribution in [0.4, 0.5) is 5.82 Å². The van der Waals surface area contributed by atoms with Crippen LogP contribution in [-0.4, -0.2) is 42.0 Å². The highest BCUT2D eigenvalue weighted by Gasteiger charge is 2.22. The second-order valence-corrected chi connectivity index (χ2v) is 7.90. The second kappa shape index (κ2) is 7.69. The largest absolute Gasteiger partial charge is 0.353 e. The molecule has 0 radical (unpaired) electrons. The van der Waals surface area contributed by atoms with E-state index in [1.165, 1.54) is 10.9 Å². The van der Waals surface area contributed by atoms with Crippen LogP contribution in [0, 0.1) is 6.92 Å². The summed E-state index contributed by atoms with van der Waals surface area (Å²) in [5.41, 5.74) is 3.32. The van der Waals surface area contributed by atoms with E-state index in [2.05, 4.69) is 46.0 Å². The quantitative estimate of drug-likeness (QED) is 0.633. The van der Waals surface area contributed by atoms with Gasteiger partial charge in [0.15, 0.2) is 0 Å². The number of carbonyl (C=O) groups excluding carboxylic acids is 1. The maximum atomic E-state index is 12.6. The summed E-state index contributed by atoms with van der Waals surface area (Å²) in [4.78, 5) is 21.7. The number of rotatable bonds is 3. The molecule has 0 bridgehead atoms. The molecule has 0 unspecified atom stereocenters. The zero-order valence-electron chi connectivity index (χ0n) is 15.4. The summed E-state index contributed by atoms with van der Waals surface area (Å²) in [5, 5.41) is 1.20. The van der Waals surface area contributed by atoms with E-state index in [0.717, 1.165) is 47.5 Å². The number of nitrogens with zero attached hydrogens (tertiary/aromatic N) is 3. The fraction of sp³-hybridized carbons (Fsp3) is 0.273. The van der Waals surface area contributed by atoms with Crippen LogP contribution in [0.5, 0.6) is 0 Å². The van der Waals surface area contributed by atoms with Gasteiger partial charge in [0, 0.05) is 36.0 Å². The smallest absolute Gasteiger partial charge is 0.227 e. The molecule has 0 saturated carbocycles. The number of carbonyl (C=O) groups is 1. The van der Waals surface area contributed by atoms with Crippen molar-refractivity contribution in [3.8, 4) is 0 Å². The van der Waals surface area contributed by atoms with Gasteiger partial charge >= 0.3 is 0 Å². The van der Waals surface area contributed by atoms with Gasteiger partial charge in [0.2, 0.25) is 5.91 Å². The van der Waals surface area contributed by atoms with Crippen molar-refractivity contribution in [3.63, 3.8) is 0 Å². The molecule has 1 aliphatic heterocycles. The molecule has 1 aromatic heterocycles. The van der Waals surface area contributed by atoms with Crippen LogP contribution in [0.2, 0.25) is 0 Å². The lowest BCUT2D eigenvalue weighted by molar-refractivity contribution is -0.130. The Balaban J connectivity index is 1.41. The van der Waals surface area contributed by atoms with E-state index in [1.54, 1.807) is 0 Å². The van der Waals surface area contributed by atoms with E-state index in [-0.39, 0.29) is 5.91 Å². The standard InChI is InChI=1S/C22H22BrN3O/c1-16-14-21(24-20-5-3-2-4-19(16)20)25-10-12-26(13-11-25)22(27)15-17-6-8-18(23)9-7-17/h2-9,14H,10-13,15H2,1H3. The van der Waals surface area contributed by atoms with Crippen LogP contribution in [0.3, 0.4) is 0 Å². The van der Waals surface area contributed by atoms with Crippen molar-refractivity contribution in [2.24, 2.45) is 0 Å². The van der Waals surface area contributed by atoms with Crippen LogP contribution in [0.1, 0.15) is 11.1 Å². The number of anilines is 1. The van der Waals surface area contributed by atoms with E-state index in [1.807, 2.05) is 41.3 Å². The van der Waals surface area contributed by atoms with Gasteiger partial charge in [-0.3, -0.25) is 4.79 Å². The van der Waals surface area contributed by atoms with Crippen molar-refractivity contribution in [1.29, 1.82) is 0 Å². The summed E-state index contributed by atoms with van der Waals surface area (Å²) in [7, 11) is 0. The van der Waals surface area contributed by atoms with Crippen molar-refractivity contribution in [3.05, 3.63) is 70.2 Å². The van der Waals surface area contributed by atoms with Crippen molar-refractivity contribution in [2.45, 2.75) is 13.3 Å². The molecule has 27 heavy (non-hydrogen) atoms. The van der Waals surface area contributed by atoms with Crippen molar-refractivity contribution >= 4 is 38.6 Å². The van der Waals surface area contributed by atoms with Crippen LogP contribution in [-0.2, 0) is 11.2 Å². The maximum Gasteiger partial charge on any atom is 0.227 e. The molecule has 1 aliphatic rings. The first-order valence-electron chi connectivity index (χ1n) is 9.24. The Bertz CT molecular complexity index is 963. The summed E-state index contributed by atoms with van der Waals surface area (Å²) in [6, 6.07) is 18.4. The number of aryl methyl sites for hydroxylation is 1. The predicted molar refractivity (Wildman–Crippen MR) is 113 cm³/mol. The fourth-order valence-corrected chi connectivity index (χ4v) is 3.83. The molecule has 0 N–H and O–H groups in total. The van der Waals surface area contributed by atoms with Gasteiger partial charge in [-0.2, -0.15) is 0 Å². The Morgan fingerprint density at radius 1 is 1.04 bits per heavy atom. The molecule has 4 nitrogen and oxygen atoms in total. The Morgan fingerprint density at radius 3 is 2.48 bits per heavy atom. The molecule has 3 aromatic rings. The number of fused-ring (bicyclic) bond motifs is 1. The van der Waals surface area contributed by atoms with Gasteiger partial charge in [-0.05, 0) is 42.3 Å². The van der Waals surface area contributed by atoms with E-state index in [0.29, 0.717) is 6.42 Å². The summed E-state index contributed by atoms with van der Waals surface area (Å²) < 4.78 is 1.03. The normalized spacial score (nSPS) is 14.6. The number of pyridine rings is 1. The second-order valence-electron chi connectivity index (χ2n) is 6.99. The van der Waals surface area contributed by atoms with Gasteiger partial charge in [0.25, 0.3) is 0 Å². The topological polar surface area (TPSA) is 36.4 Å². The van der Waals surface area contributed by atoms with Gasteiger partial charge in [-0.15, -0.1) is 0 Å². The molecule has 0 spiro atoms. The highest BCUT2D eigenvalue weighted by molar-refractivity contribution is 9.10. The molecule has 4 rings (SSSR count). The Hall–Kier alpha value is -2.40. The average molecular weight is 424 g/mol. The molecule has 138 valence electrons. The summed E-state index contributed by atoms with van der Waals surface area (Å²) in [6.45, 7) is 5.24. The summed E-state index contributed by atoms with van der Waals surface area (Å²) in [5.74, 6) is 1.20. The van der Waals surface area contributed by atoms with E-state index in [9.17, 15) is 4.79 Å². The lowest BCUT2D eigenvalue weighted by atomic mass is 10.1. The zero-order valence-corrected chi connectivity index (χ0v) is 16.9. The third-order valence-electron chi connectivity index (χ3n) is 5.13. The van der Waals surface area contributed by atoms with Gasteiger partial charge in [-0.1, -0.05) is 46.3 Å². The lowest BCUT2D eigenvalue weighted by Gasteiger charge is -2.35. The zero-order chi connectivity index (χ0) is 18.8. The van der Waals surface area contributed by atoms with E-state index in [4.69, 9.17) is 4.98 Å². The van der Waals surface area contributed by atoms with Crippen LogP contribution in [0.15, 0.2) is 59.1 Å².